The third-order valence-electron chi connectivity index (χ3n) is 5.41. The van der Waals surface area contributed by atoms with E-state index in [0.29, 0.717) is 55.0 Å². The first kappa shape index (κ1) is 18.9. The van der Waals surface area contributed by atoms with E-state index in [-0.39, 0.29) is 5.82 Å². The standard InChI is InChI=1S/C21H21FN4O3/c1-2-25-17-9-5-3-7-15(17)19(20(21(25)27)26(28)29)24-13-11-23(12-14-24)18-10-6-4-8-16(18)22/h3-10H,2,11-14H2,1H3. The topological polar surface area (TPSA) is 71.6 Å². The van der Waals surface area contributed by atoms with Crippen LogP contribution in [0, 0.1) is 15.9 Å². The lowest BCUT2D eigenvalue weighted by Gasteiger charge is -2.37. The molecule has 0 radical (unpaired) electrons. The average molecular weight is 396 g/mol. The lowest BCUT2D eigenvalue weighted by Crippen LogP contribution is -2.47. The largest absolute Gasteiger partial charge is 0.366 e. The van der Waals surface area contributed by atoms with Gasteiger partial charge in [-0.1, -0.05) is 30.3 Å². The Balaban J connectivity index is 1.77. The van der Waals surface area contributed by atoms with Gasteiger partial charge >= 0.3 is 11.2 Å². The fourth-order valence-electron chi connectivity index (χ4n) is 4.05. The van der Waals surface area contributed by atoms with Crippen LogP contribution in [0.4, 0.5) is 21.5 Å². The van der Waals surface area contributed by atoms with Crippen molar-refractivity contribution in [1.29, 1.82) is 0 Å². The summed E-state index contributed by atoms with van der Waals surface area (Å²) in [6, 6.07) is 13.8. The van der Waals surface area contributed by atoms with Crippen LogP contribution in [-0.4, -0.2) is 35.7 Å². The van der Waals surface area contributed by atoms with Crippen LogP contribution < -0.4 is 15.4 Å². The fraction of sp³-hybridized carbons (Fsp3) is 0.286. The summed E-state index contributed by atoms with van der Waals surface area (Å²) in [5.74, 6) is -0.289. The lowest BCUT2D eigenvalue weighted by atomic mass is 10.1. The summed E-state index contributed by atoms with van der Waals surface area (Å²) < 4.78 is 15.6. The summed E-state index contributed by atoms with van der Waals surface area (Å²) in [5.41, 5.74) is 0.561. The predicted molar refractivity (Wildman–Crippen MR) is 111 cm³/mol. The number of hydrogen-bond acceptors (Lipinski definition) is 5. The van der Waals surface area contributed by atoms with Gasteiger partial charge in [-0.25, -0.2) is 4.39 Å². The molecule has 1 aliphatic heterocycles. The molecule has 0 N–H and O–H groups in total. The maximum Gasteiger partial charge on any atom is 0.357 e. The zero-order valence-electron chi connectivity index (χ0n) is 16.0. The van der Waals surface area contributed by atoms with Gasteiger partial charge in [-0.2, -0.15) is 0 Å². The Morgan fingerprint density at radius 1 is 1.00 bits per heavy atom. The molecule has 0 saturated carbocycles. The Morgan fingerprint density at radius 2 is 1.62 bits per heavy atom. The molecule has 1 aromatic heterocycles. The molecule has 1 fully saturated rings. The Bertz CT molecular complexity index is 1140. The van der Waals surface area contributed by atoms with E-state index in [2.05, 4.69) is 0 Å². The van der Waals surface area contributed by atoms with Crippen molar-refractivity contribution in [2.75, 3.05) is 36.0 Å². The Kier molecular flexibility index (Phi) is 4.92. The van der Waals surface area contributed by atoms with Crippen molar-refractivity contribution in [3.8, 4) is 0 Å². The summed E-state index contributed by atoms with van der Waals surface area (Å²) in [7, 11) is 0. The number of aromatic nitrogens is 1. The minimum atomic E-state index is -0.595. The Hall–Kier alpha value is -3.42. The second-order valence-electron chi connectivity index (χ2n) is 6.95. The van der Waals surface area contributed by atoms with Gasteiger partial charge in [0.05, 0.1) is 16.1 Å². The van der Waals surface area contributed by atoms with Crippen molar-refractivity contribution < 1.29 is 9.31 Å². The number of nitro groups is 1. The van der Waals surface area contributed by atoms with Crippen LogP contribution in [-0.2, 0) is 6.54 Å². The second-order valence-corrected chi connectivity index (χ2v) is 6.95. The molecule has 0 amide bonds. The van der Waals surface area contributed by atoms with Crippen molar-refractivity contribution in [1.82, 2.24) is 4.57 Å². The number of piperazine rings is 1. The first-order chi connectivity index (χ1) is 14.0. The van der Waals surface area contributed by atoms with Crippen LogP contribution in [0.3, 0.4) is 0 Å². The number of halogens is 1. The summed E-state index contributed by atoms with van der Waals surface area (Å²) in [6.07, 6.45) is 0. The second kappa shape index (κ2) is 7.54. The van der Waals surface area contributed by atoms with Crippen LogP contribution in [0.5, 0.6) is 0 Å². The molecule has 0 atom stereocenters. The maximum atomic E-state index is 14.1. The summed E-state index contributed by atoms with van der Waals surface area (Å²) in [6.45, 7) is 4.06. The Morgan fingerprint density at radius 3 is 2.28 bits per heavy atom. The number of aryl methyl sites for hydroxylation is 1. The van der Waals surface area contributed by atoms with Gasteiger partial charge in [0.15, 0.2) is 0 Å². The highest BCUT2D eigenvalue weighted by molar-refractivity contribution is 5.96. The minimum absolute atomic E-state index is 0.289. The normalized spacial score (nSPS) is 14.4. The molecule has 8 heteroatoms. The zero-order chi connectivity index (χ0) is 20.5. The first-order valence-corrected chi connectivity index (χ1v) is 9.57. The number of hydrogen-bond donors (Lipinski definition) is 0. The average Bonchev–Trinajstić information content (AvgIpc) is 2.73. The molecule has 0 bridgehead atoms. The first-order valence-electron chi connectivity index (χ1n) is 9.57. The SMILES string of the molecule is CCn1c(=O)c([N+](=O)[O-])c(N2CCN(c3ccccc3F)CC2)c2ccccc21. The number of fused-ring (bicyclic) bond motifs is 1. The monoisotopic (exact) mass is 396 g/mol. The molecule has 2 aromatic carbocycles. The van der Waals surface area contributed by atoms with E-state index < -0.39 is 16.2 Å². The number of anilines is 2. The van der Waals surface area contributed by atoms with Crippen LogP contribution in [0.25, 0.3) is 10.9 Å². The quantitative estimate of drug-likeness (QED) is 0.499. The van der Waals surface area contributed by atoms with E-state index in [9.17, 15) is 19.3 Å². The van der Waals surface area contributed by atoms with Gasteiger partial charge in [-0.15, -0.1) is 0 Å². The molecule has 0 aliphatic carbocycles. The van der Waals surface area contributed by atoms with Gasteiger partial charge < -0.3 is 14.4 Å². The molecular weight excluding hydrogens is 375 g/mol. The summed E-state index contributed by atoms with van der Waals surface area (Å²) >= 11 is 0. The highest BCUT2D eigenvalue weighted by Crippen LogP contribution is 2.34. The molecule has 1 saturated heterocycles. The lowest BCUT2D eigenvalue weighted by molar-refractivity contribution is -0.385. The van der Waals surface area contributed by atoms with Crippen LogP contribution in [0.1, 0.15) is 6.92 Å². The number of rotatable bonds is 4. The molecule has 0 spiro atoms. The van der Waals surface area contributed by atoms with E-state index >= 15 is 0 Å². The van der Waals surface area contributed by atoms with Crippen LogP contribution in [0.15, 0.2) is 53.3 Å². The van der Waals surface area contributed by atoms with Gasteiger partial charge in [0.25, 0.3) is 0 Å². The van der Waals surface area contributed by atoms with Crippen molar-refractivity contribution in [2.45, 2.75) is 13.5 Å². The van der Waals surface area contributed by atoms with Gasteiger partial charge in [0.2, 0.25) is 0 Å². The van der Waals surface area contributed by atoms with Crippen molar-refractivity contribution in [3.63, 3.8) is 0 Å². The van der Waals surface area contributed by atoms with E-state index in [1.165, 1.54) is 10.6 Å². The highest BCUT2D eigenvalue weighted by atomic mass is 19.1. The molecule has 1 aliphatic rings. The molecule has 0 unspecified atom stereocenters. The van der Waals surface area contributed by atoms with Crippen LogP contribution in [0.2, 0.25) is 0 Å². The van der Waals surface area contributed by atoms with Gasteiger partial charge in [0, 0.05) is 38.1 Å². The minimum Gasteiger partial charge on any atom is -0.366 e. The molecule has 29 heavy (non-hydrogen) atoms. The van der Waals surface area contributed by atoms with Crippen molar-refractivity contribution in [3.05, 3.63) is 74.8 Å². The van der Waals surface area contributed by atoms with Crippen molar-refractivity contribution in [2.24, 2.45) is 0 Å². The Labute approximate surface area is 166 Å². The predicted octanol–water partition coefficient (Wildman–Crippen LogP) is 3.40. The third-order valence-corrected chi connectivity index (χ3v) is 5.41. The molecule has 3 aromatic rings. The van der Waals surface area contributed by atoms with Crippen LogP contribution >= 0.6 is 0 Å². The van der Waals surface area contributed by atoms with Gasteiger partial charge in [-0.3, -0.25) is 14.9 Å². The smallest absolute Gasteiger partial charge is 0.357 e. The van der Waals surface area contributed by atoms with Crippen molar-refractivity contribution >= 4 is 28.0 Å². The van der Waals surface area contributed by atoms with Gasteiger partial charge in [-0.05, 0) is 25.1 Å². The molecule has 7 nitrogen and oxygen atoms in total. The number of para-hydroxylation sites is 2. The van der Waals surface area contributed by atoms with E-state index in [1.54, 1.807) is 25.1 Å². The maximum absolute atomic E-state index is 14.1. The van der Waals surface area contributed by atoms with Gasteiger partial charge in [0.1, 0.15) is 11.5 Å². The van der Waals surface area contributed by atoms with E-state index in [0.717, 1.165) is 0 Å². The number of pyridine rings is 1. The fourth-order valence-corrected chi connectivity index (χ4v) is 4.05. The van der Waals surface area contributed by atoms with E-state index in [4.69, 9.17) is 0 Å². The molecular formula is C21H21FN4O3. The molecule has 2 heterocycles. The number of nitrogens with zero attached hydrogens (tertiary/aromatic N) is 4. The third kappa shape index (κ3) is 3.20. The molecule has 150 valence electrons. The zero-order valence-corrected chi connectivity index (χ0v) is 16.0. The molecule has 4 rings (SSSR count). The number of benzene rings is 2. The van der Waals surface area contributed by atoms with E-state index in [1.807, 2.05) is 34.1 Å². The summed E-state index contributed by atoms with van der Waals surface area (Å²) in [4.78, 5) is 27.9. The highest BCUT2D eigenvalue weighted by Gasteiger charge is 2.31. The summed E-state index contributed by atoms with van der Waals surface area (Å²) in [5, 5.41) is 12.5.